The first-order valence-corrected chi connectivity index (χ1v) is 23.7. The van der Waals surface area contributed by atoms with Gasteiger partial charge in [-0.2, -0.15) is 0 Å². The molecule has 0 fully saturated rings. The highest BCUT2D eigenvalue weighted by Crippen LogP contribution is 2.19. The van der Waals surface area contributed by atoms with E-state index in [9.17, 15) is 28.8 Å². The molecule has 0 saturated heterocycles. The van der Waals surface area contributed by atoms with Gasteiger partial charge in [0.15, 0.2) is 0 Å². The summed E-state index contributed by atoms with van der Waals surface area (Å²) < 4.78 is 0. The summed E-state index contributed by atoms with van der Waals surface area (Å²) in [5, 5.41) is 1.21. The van der Waals surface area contributed by atoms with Gasteiger partial charge in [-0.25, -0.2) is 15.0 Å². The molecule has 0 saturated carbocycles. The van der Waals surface area contributed by atoms with E-state index >= 15 is 0 Å². The van der Waals surface area contributed by atoms with Crippen LogP contribution >= 0.6 is 0 Å². The van der Waals surface area contributed by atoms with Crippen molar-refractivity contribution < 1.29 is 0 Å². The summed E-state index contributed by atoms with van der Waals surface area (Å²) in [5.74, 6) is 0.514. The highest BCUT2D eigenvalue weighted by atomic mass is 16.2. The third-order valence-corrected chi connectivity index (χ3v) is 11.5. The summed E-state index contributed by atoms with van der Waals surface area (Å²) in [5.41, 5.74) is 5.15. The highest BCUT2D eigenvalue weighted by Gasteiger charge is 2.11. The fourth-order valence-electron chi connectivity index (χ4n) is 7.47. The van der Waals surface area contributed by atoms with Crippen molar-refractivity contribution in [2.24, 2.45) is 0 Å². The molecule has 9 rings (SSSR count). The standard InChI is InChI=1S/C19H20N4O2.2C18H18N4O2.4CH4/c1-3-12(2)17-14(20-11-21-17)10-16-19(25)22-15(18(24)23-16)9-13-7-5-4-6-8-13;1-11(2)16-13(19-10-20-16)9-15-18(24)21-14(17(23)22-15)8-12-6-4-3-5-7-12;1-2-6-13-14(20-11-19-13)10-16-18(24)21-15(17(23)22-16)9-12-7-4-3-5-8-12;;;;/h4-12H,3H2,1-2H3,(H,20,21)(H,22,25)(H,23,24);3-11H,1-2H3,(H,19,20)(H,21,24)(H,22,23);3-5,7-11H,2,6H2,1H3,(H,19,20)(H,21,24)(H,22,23);4*1H4/b15-9-,16-10-;14-8-,15-9-;15-9-,16-10-;;;;. The highest BCUT2D eigenvalue weighted by molar-refractivity contribution is 5.51. The number of hydrogen-bond acceptors (Lipinski definition) is 9. The number of H-pyrrole nitrogens is 9. The Morgan fingerprint density at radius 3 is 1.04 bits per heavy atom. The third-order valence-electron chi connectivity index (χ3n) is 11.5. The number of aromatic nitrogens is 12. The number of hydrogen-bond donors (Lipinski definition) is 9. The van der Waals surface area contributed by atoms with Crippen LogP contribution in [0.4, 0.5) is 0 Å². The SMILES string of the molecule is C.C.C.C.CC(C)c1[nH]cnc1/C=c1\[nH]c(=O)/c(=C/c2ccccc2)[nH]c1=O.CCC(C)c1[nH]cnc1/C=c1\[nH]c(=O)/c(=C/c2ccccc2)[nH]c1=O.CCCc1[nH]cnc1/C=c1\[nH]c(=O)/c(=C/c2ccccc2)[nH]c1=O. The molecule has 0 amide bonds. The number of imidazole rings is 3. The molecule has 0 aliphatic carbocycles. The Labute approximate surface area is 445 Å². The van der Waals surface area contributed by atoms with E-state index in [0.29, 0.717) is 17.1 Å². The van der Waals surface area contributed by atoms with E-state index in [1.807, 2.05) is 105 Å². The number of nitrogens with zero attached hydrogens (tertiary/aromatic N) is 3. The van der Waals surface area contributed by atoms with E-state index in [2.05, 4.69) is 80.6 Å². The summed E-state index contributed by atoms with van der Waals surface area (Å²) in [6.07, 6.45) is 17.2. The van der Waals surface area contributed by atoms with E-state index in [1.54, 1.807) is 55.4 Å². The van der Waals surface area contributed by atoms with Gasteiger partial charge in [-0.15, -0.1) is 0 Å². The minimum absolute atomic E-state index is 0. The van der Waals surface area contributed by atoms with Crippen molar-refractivity contribution >= 4 is 36.5 Å². The summed E-state index contributed by atoms with van der Waals surface area (Å²) in [6.45, 7) is 10.3. The van der Waals surface area contributed by atoms with E-state index in [0.717, 1.165) is 53.0 Å². The molecule has 1 atom stereocenters. The second kappa shape index (κ2) is 29.4. The van der Waals surface area contributed by atoms with Gasteiger partial charge in [0.25, 0.3) is 33.4 Å². The summed E-state index contributed by atoms with van der Waals surface area (Å²) in [4.78, 5) is 111. The Bertz CT molecular complexity index is 4070. The van der Waals surface area contributed by atoms with Crippen LogP contribution in [0.25, 0.3) is 36.5 Å². The Morgan fingerprint density at radius 1 is 0.403 bits per heavy atom. The number of rotatable bonds is 11. The maximum atomic E-state index is 12.3. The van der Waals surface area contributed by atoms with Gasteiger partial charge < -0.3 is 44.9 Å². The molecular weight excluding hydrogens is 973 g/mol. The van der Waals surface area contributed by atoms with Crippen molar-refractivity contribution in [3.8, 4) is 0 Å². The minimum Gasteiger partial charge on any atom is -0.348 e. The molecule has 3 aromatic carbocycles. The molecule has 0 bridgehead atoms. The first-order valence-electron chi connectivity index (χ1n) is 23.7. The minimum atomic E-state index is -0.366. The monoisotopic (exact) mass is 1040 g/mol. The number of aryl methyl sites for hydroxylation is 1. The lowest BCUT2D eigenvalue weighted by Crippen LogP contribution is -2.46. The maximum Gasteiger partial charge on any atom is 0.272 e. The zero-order chi connectivity index (χ0) is 51.9. The van der Waals surface area contributed by atoms with Crippen molar-refractivity contribution in [2.45, 2.75) is 95.4 Å². The Kier molecular flexibility index (Phi) is 23.6. The molecule has 0 spiro atoms. The molecule has 1 unspecified atom stereocenters. The lowest BCUT2D eigenvalue weighted by atomic mass is 10.0. The van der Waals surface area contributed by atoms with Crippen LogP contribution in [0.3, 0.4) is 0 Å². The molecule has 6 aromatic heterocycles. The van der Waals surface area contributed by atoms with Gasteiger partial charge in [-0.1, -0.05) is 162 Å². The molecule has 0 radical (unpaired) electrons. The molecule has 18 heteroatoms. The molecule has 77 heavy (non-hydrogen) atoms. The normalized spacial score (nSPS) is 12.5. The fraction of sp³-hybridized carbons (Fsp3) is 0.237. The predicted molar refractivity (Wildman–Crippen MR) is 311 cm³/mol. The second-order valence-electron chi connectivity index (χ2n) is 17.2. The number of aromatic amines is 9. The van der Waals surface area contributed by atoms with Crippen molar-refractivity contribution in [3.63, 3.8) is 0 Å². The third kappa shape index (κ3) is 16.5. The lowest BCUT2D eigenvalue weighted by molar-refractivity contribution is 0.711. The molecule has 0 aliphatic rings. The Balaban J connectivity index is 0.000000296. The topological polar surface area (TPSA) is 283 Å². The second-order valence-corrected chi connectivity index (χ2v) is 17.2. The van der Waals surface area contributed by atoms with Gasteiger partial charge in [-0.05, 0) is 77.8 Å². The molecule has 0 aliphatic heterocycles. The lowest BCUT2D eigenvalue weighted by Gasteiger charge is -2.06. The molecular formula is C59H72N12O6. The fourth-order valence-corrected chi connectivity index (χ4v) is 7.47. The largest absolute Gasteiger partial charge is 0.348 e. The van der Waals surface area contributed by atoms with Gasteiger partial charge >= 0.3 is 0 Å². The van der Waals surface area contributed by atoms with Crippen LogP contribution in [0.1, 0.15) is 140 Å². The van der Waals surface area contributed by atoms with Gasteiger partial charge in [-0.3, -0.25) is 28.8 Å². The van der Waals surface area contributed by atoms with Crippen LogP contribution in [-0.2, 0) is 6.42 Å². The Morgan fingerprint density at radius 2 is 0.701 bits per heavy atom. The molecule has 9 aromatic rings. The van der Waals surface area contributed by atoms with Crippen molar-refractivity contribution in [2.75, 3.05) is 0 Å². The predicted octanol–water partition coefficient (Wildman–Crippen LogP) is 4.47. The molecule has 9 N–H and O–H groups in total. The zero-order valence-electron chi connectivity index (χ0n) is 40.9. The average molecular weight is 1050 g/mol. The van der Waals surface area contributed by atoms with Crippen LogP contribution < -0.4 is 65.5 Å². The summed E-state index contributed by atoms with van der Waals surface area (Å²) in [7, 11) is 0. The first-order chi connectivity index (χ1) is 35.3. The quantitative estimate of drug-likeness (QED) is 0.0883. The first kappa shape index (κ1) is 61.8. The average Bonchev–Trinajstić information content (AvgIpc) is 4.17. The van der Waals surface area contributed by atoms with Gasteiger partial charge in [0, 0.05) is 17.1 Å². The van der Waals surface area contributed by atoms with E-state index in [1.165, 1.54) is 0 Å². The molecule has 18 nitrogen and oxygen atoms in total. The summed E-state index contributed by atoms with van der Waals surface area (Å²) >= 11 is 0. The van der Waals surface area contributed by atoms with E-state index in [4.69, 9.17) is 0 Å². The maximum absolute atomic E-state index is 12.3. The van der Waals surface area contributed by atoms with Crippen LogP contribution in [0, 0.1) is 0 Å². The number of nitrogens with one attached hydrogen (secondary N) is 9. The van der Waals surface area contributed by atoms with Crippen LogP contribution in [-0.4, -0.2) is 59.8 Å². The van der Waals surface area contributed by atoms with E-state index in [-0.39, 0.29) is 107 Å². The molecule has 404 valence electrons. The summed E-state index contributed by atoms with van der Waals surface area (Å²) in [6, 6.07) is 28.0. The van der Waals surface area contributed by atoms with E-state index < -0.39 is 0 Å². The van der Waals surface area contributed by atoms with Crippen LogP contribution in [0.15, 0.2) is 139 Å². The Hall–Kier alpha value is -9.45. The van der Waals surface area contributed by atoms with Crippen molar-refractivity contribution in [1.82, 2.24) is 59.8 Å². The van der Waals surface area contributed by atoms with Crippen molar-refractivity contribution in [3.05, 3.63) is 255 Å². The number of benzene rings is 3. The smallest absolute Gasteiger partial charge is 0.272 e. The van der Waals surface area contributed by atoms with Gasteiger partial charge in [0.1, 0.15) is 32.1 Å². The van der Waals surface area contributed by atoms with Gasteiger partial charge in [0.05, 0.1) is 36.1 Å². The zero-order valence-corrected chi connectivity index (χ0v) is 40.9. The molecule has 6 heterocycles. The van der Waals surface area contributed by atoms with Crippen molar-refractivity contribution in [1.29, 1.82) is 0 Å². The van der Waals surface area contributed by atoms with Gasteiger partial charge in [0.2, 0.25) is 0 Å². The van der Waals surface area contributed by atoms with Crippen LogP contribution in [0.2, 0.25) is 0 Å². The van der Waals surface area contributed by atoms with Crippen LogP contribution in [0.5, 0.6) is 0 Å².